The lowest BCUT2D eigenvalue weighted by Gasteiger charge is -2.18. The van der Waals surface area contributed by atoms with Gasteiger partial charge in [0.05, 0.1) is 33.6 Å². The summed E-state index contributed by atoms with van der Waals surface area (Å²) in [4.78, 5) is 15.2. The van der Waals surface area contributed by atoms with Crippen LogP contribution in [0.4, 0.5) is 0 Å². The zero-order chi connectivity index (χ0) is 32.3. The molecule has 4 heteroatoms. The Morgan fingerprint density at radius 3 is 1.76 bits per heavy atom. The number of fused-ring (bicyclic) bond motifs is 6. The van der Waals surface area contributed by atoms with Crippen LogP contribution in [0, 0.1) is 0 Å². The van der Waals surface area contributed by atoms with Gasteiger partial charge in [-0.15, -0.1) is 0 Å². The van der Waals surface area contributed by atoms with Crippen LogP contribution in [0.1, 0.15) is 0 Å². The van der Waals surface area contributed by atoms with Gasteiger partial charge in [-0.1, -0.05) is 115 Å². The molecule has 4 heterocycles. The van der Waals surface area contributed by atoms with Crippen LogP contribution in [0.15, 0.2) is 170 Å². The first kappa shape index (κ1) is 27.5. The standard InChI is InChI=1S/C45H28N4/c1-2-13-30-28-31(26-25-29(30)12-1)43-32-14-3-5-16-34(32)44(35-17-6-4-15-33(35)43)39-21-9-19-37(47-39)38-20-10-24-42(48-38)49-40-22-8-7-18-36(40)45-41(49)23-11-27-46-45/h1-28H. The highest BCUT2D eigenvalue weighted by atomic mass is 15.1. The molecule has 0 atom stereocenters. The fourth-order valence-corrected chi connectivity index (χ4v) is 7.50. The minimum atomic E-state index is 0.815. The molecule has 0 N–H and O–H groups in total. The molecule has 0 aliphatic heterocycles. The Morgan fingerprint density at radius 2 is 0.980 bits per heavy atom. The van der Waals surface area contributed by atoms with Gasteiger partial charge in [-0.25, -0.2) is 9.97 Å². The summed E-state index contributed by atoms with van der Waals surface area (Å²) in [5, 5.41) is 8.35. The normalized spacial score (nSPS) is 11.7. The predicted molar refractivity (Wildman–Crippen MR) is 203 cm³/mol. The van der Waals surface area contributed by atoms with Crippen molar-refractivity contribution in [2.24, 2.45) is 0 Å². The Labute approximate surface area is 282 Å². The summed E-state index contributed by atoms with van der Waals surface area (Å²) in [7, 11) is 0. The van der Waals surface area contributed by atoms with Gasteiger partial charge >= 0.3 is 0 Å². The van der Waals surface area contributed by atoms with E-state index in [1.54, 1.807) is 0 Å². The van der Waals surface area contributed by atoms with Crippen molar-refractivity contribution in [3.63, 3.8) is 0 Å². The second-order valence-electron chi connectivity index (χ2n) is 12.4. The van der Waals surface area contributed by atoms with E-state index < -0.39 is 0 Å². The van der Waals surface area contributed by atoms with Crippen molar-refractivity contribution in [2.45, 2.75) is 0 Å². The van der Waals surface area contributed by atoms with E-state index in [1.807, 2.05) is 18.3 Å². The Bertz CT molecular complexity index is 2790. The van der Waals surface area contributed by atoms with Crippen molar-refractivity contribution < 1.29 is 0 Å². The van der Waals surface area contributed by atoms with Crippen molar-refractivity contribution in [1.29, 1.82) is 0 Å². The van der Waals surface area contributed by atoms with Crippen LogP contribution in [0.3, 0.4) is 0 Å². The zero-order valence-electron chi connectivity index (χ0n) is 26.5. The SMILES string of the molecule is c1cc(-c2cccc(-n3c4ccccc4c4ncccc43)n2)nc(-c2c3ccccc3c(-c3ccc4ccccc4c3)c3ccccc23)c1. The van der Waals surface area contributed by atoms with Gasteiger partial charge in [-0.2, -0.15) is 0 Å². The van der Waals surface area contributed by atoms with Crippen molar-refractivity contribution >= 4 is 54.3 Å². The Hall–Kier alpha value is -6.65. The van der Waals surface area contributed by atoms with Crippen LogP contribution in [0.25, 0.3) is 93.8 Å². The molecule has 4 nitrogen and oxygen atoms in total. The molecule has 0 spiro atoms. The molecule has 4 aromatic heterocycles. The van der Waals surface area contributed by atoms with E-state index in [0.717, 1.165) is 50.4 Å². The number of hydrogen-bond acceptors (Lipinski definition) is 3. The third-order valence-corrected chi connectivity index (χ3v) is 9.63. The molecule has 0 unspecified atom stereocenters. The summed E-state index contributed by atoms with van der Waals surface area (Å²) in [5.74, 6) is 0.833. The number of pyridine rings is 3. The van der Waals surface area contributed by atoms with Crippen molar-refractivity contribution in [1.82, 2.24) is 19.5 Å². The van der Waals surface area contributed by atoms with Gasteiger partial charge < -0.3 is 0 Å². The maximum absolute atomic E-state index is 5.32. The lowest BCUT2D eigenvalue weighted by Crippen LogP contribution is -1.99. The van der Waals surface area contributed by atoms with Crippen LogP contribution < -0.4 is 0 Å². The Morgan fingerprint density at radius 1 is 0.388 bits per heavy atom. The summed E-state index contributed by atoms with van der Waals surface area (Å²) in [6, 6.07) is 57.7. The average molecular weight is 625 g/mol. The summed E-state index contributed by atoms with van der Waals surface area (Å²) >= 11 is 0. The topological polar surface area (TPSA) is 43.6 Å². The monoisotopic (exact) mass is 624 g/mol. The summed E-state index contributed by atoms with van der Waals surface area (Å²) in [6.07, 6.45) is 1.85. The van der Waals surface area contributed by atoms with E-state index in [4.69, 9.17) is 15.0 Å². The van der Waals surface area contributed by atoms with Gasteiger partial charge in [0.1, 0.15) is 5.82 Å². The largest absolute Gasteiger partial charge is 0.292 e. The molecular weight excluding hydrogens is 597 g/mol. The molecule has 0 aliphatic carbocycles. The Balaban J connectivity index is 1.16. The van der Waals surface area contributed by atoms with Gasteiger partial charge in [-0.05, 0) is 92.0 Å². The van der Waals surface area contributed by atoms with Gasteiger partial charge in [-0.3, -0.25) is 9.55 Å². The number of para-hydroxylation sites is 1. The number of aromatic nitrogens is 4. The molecule has 0 saturated heterocycles. The highest BCUT2D eigenvalue weighted by molar-refractivity contribution is 6.21. The van der Waals surface area contributed by atoms with Crippen molar-refractivity contribution in [3.8, 4) is 39.6 Å². The first-order valence-corrected chi connectivity index (χ1v) is 16.5. The molecule has 0 fully saturated rings. The molecule has 0 saturated carbocycles. The molecule has 49 heavy (non-hydrogen) atoms. The maximum Gasteiger partial charge on any atom is 0.138 e. The van der Waals surface area contributed by atoms with Gasteiger partial charge in [0.2, 0.25) is 0 Å². The summed E-state index contributed by atoms with van der Waals surface area (Å²) in [6.45, 7) is 0. The van der Waals surface area contributed by atoms with Crippen molar-refractivity contribution in [2.75, 3.05) is 0 Å². The van der Waals surface area contributed by atoms with E-state index in [0.29, 0.717) is 0 Å². The van der Waals surface area contributed by atoms with E-state index >= 15 is 0 Å². The van der Waals surface area contributed by atoms with Crippen LogP contribution >= 0.6 is 0 Å². The average Bonchev–Trinajstić information content (AvgIpc) is 3.51. The third-order valence-electron chi connectivity index (χ3n) is 9.63. The minimum absolute atomic E-state index is 0.815. The van der Waals surface area contributed by atoms with Crippen LogP contribution in [0.5, 0.6) is 0 Å². The van der Waals surface area contributed by atoms with Crippen molar-refractivity contribution in [3.05, 3.63) is 170 Å². The fraction of sp³-hybridized carbons (Fsp3) is 0. The van der Waals surface area contributed by atoms with Gasteiger partial charge in [0, 0.05) is 17.1 Å². The molecule has 0 bridgehead atoms. The van der Waals surface area contributed by atoms with Crippen LogP contribution in [-0.2, 0) is 0 Å². The summed E-state index contributed by atoms with van der Waals surface area (Å²) < 4.78 is 2.19. The molecule has 0 amide bonds. The minimum Gasteiger partial charge on any atom is -0.292 e. The number of benzene rings is 6. The fourth-order valence-electron chi connectivity index (χ4n) is 7.50. The van der Waals surface area contributed by atoms with Gasteiger partial charge in [0.25, 0.3) is 0 Å². The second-order valence-corrected chi connectivity index (χ2v) is 12.4. The molecule has 10 aromatic rings. The first-order valence-electron chi connectivity index (χ1n) is 16.5. The molecule has 0 aliphatic rings. The second kappa shape index (κ2) is 11.0. The molecule has 6 aromatic carbocycles. The number of hydrogen-bond donors (Lipinski definition) is 0. The molecule has 0 radical (unpaired) electrons. The zero-order valence-corrected chi connectivity index (χ0v) is 26.5. The first-order chi connectivity index (χ1) is 24.3. The number of nitrogens with zero attached hydrogens (tertiary/aromatic N) is 4. The maximum atomic E-state index is 5.32. The van der Waals surface area contributed by atoms with Gasteiger partial charge in [0.15, 0.2) is 0 Å². The summed E-state index contributed by atoms with van der Waals surface area (Å²) in [5.41, 5.74) is 9.21. The lowest BCUT2D eigenvalue weighted by molar-refractivity contribution is 1.08. The van der Waals surface area contributed by atoms with E-state index in [-0.39, 0.29) is 0 Å². The quantitative estimate of drug-likeness (QED) is 0.183. The van der Waals surface area contributed by atoms with Crippen LogP contribution in [-0.4, -0.2) is 19.5 Å². The van der Waals surface area contributed by atoms with E-state index in [2.05, 4.69) is 156 Å². The molecular formula is C45H28N4. The molecule has 228 valence electrons. The third kappa shape index (κ3) is 4.35. The molecule has 10 rings (SSSR count). The smallest absolute Gasteiger partial charge is 0.138 e. The van der Waals surface area contributed by atoms with E-state index in [1.165, 1.54) is 43.4 Å². The van der Waals surface area contributed by atoms with Crippen LogP contribution in [0.2, 0.25) is 0 Å². The van der Waals surface area contributed by atoms with E-state index in [9.17, 15) is 0 Å². The Kier molecular flexibility index (Phi) is 6.15. The highest BCUT2D eigenvalue weighted by Crippen LogP contribution is 2.44. The predicted octanol–water partition coefficient (Wildman–Crippen LogP) is 11.4. The number of rotatable bonds is 4. The lowest BCUT2D eigenvalue weighted by atomic mass is 9.86. The highest BCUT2D eigenvalue weighted by Gasteiger charge is 2.19.